The first-order valence-corrected chi connectivity index (χ1v) is 7.14. The van der Waals surface area contributed by atoms with Crippen LogP contribution in [0.4, 0.5) is 5.69 Å². The summed E-state index contributed by atoms with van der Waals surface area (Å²) in [5.41, 5.74) is 0.995. The van der Waals surface area contributed by atoms with E-state index >= 15 is 0 Å². The fourth-order valence-electron chi connectivity index (χ4n) is 2.91. The van der Waals surface area contributed by atoms with Crippen molar-refractivity contribution in [3.05, 3.63) is 42.6 Å². The predicted molar refractivity (Wildman–Crippen MR) is 74.8 cm³/mol. The quantitative estimate of drug-likeness (QED) is 0.858. The maximum atomic E-state index is 5.82. The smallest absolute Gasteiger partial charge is 0.195 e. The summed E-state index contributed by atoms with van der Waals surface area (Å²) in [7, 11) is 0. The van der Waals surface area contributed by atoms with Crippen LogP contribution in [0, 0.1) is 0 Å². The van der Waals surface area contributed by atoms with Crippen LogP contribution in [-0.2, 0) is 4.84 Å². The Morgan fingerprint density at radius 3 is 2.95 bits per heavy atom. The van der Waals surface area contributed by atoms with Crippen LogP contribution < -0.4 is 5.06 Å². The predicted octanol–water partition coefficient (Wildman–Crippen LogP) is 3.38. The second-order valence-corrected chi connectivity index (χ2v) is 5.31. The molecule has 0 atom stereocenters. The minimum atomic E-state index is 0.559. The first-order chi connectivity index (χ1) is 9.90. The molecule has 0 spiro atoms. The molecular weight excluding hydrogens is 254 g/mol. The average Bonchev–Trinajstić information content (AvgIpc) is 3.22. The average molecular weight is 271 g/mol. The molecular formula is C15H17N3O2. The summed E-state index contributed by atoms with van der Waals surface area (Å²) < 4.78 is 7.43. The highest BCUT2D eigenvalue weighted by Gasteiger charge is 2.23. The zero-order chi connectivity index (χ0) is 13.4. The summed E-state index contributed by atoms with van der Waals surface area (Å²) in [6, 6.07) is 4.32. The second kappa shape index (κ2) is 4.74. The lowest BCUT2D eigenvalue weighted by Gasteiger charge is -2.15. The van der Waals surface area contributed by atoms with Crippen LogP contribution in [0.3, 0.4) is 0 Å². The number of furan rings is 1. The summed E-state index contributed by atoms with van der Waals surface area (Å²) in [6.07, 6.45) is 12.7. The third-order valence-corrected chi connectivity index (χ3v) is 3.99. The molecule has 0 unspecified atom stereocenters. The molecule has 20 heavy (non-hydrogen) atoms. The van der Waals surface area contributed by atoms with Crippen LogP contribution in [0.2, 0.25) is 0 Å². The molecule has 104 valence electrons. The van der Waals surface area contributed by atoms with Crippen molar-refractivity contribution in [1.82, 2.24) is 9.78 Å². The van der Waals surface area contributed by atoms with Gasteiger partial charge >= 0.3 is 0 Å². The summed E-state index contributed by atoms with van der Waals surface area (Å²) in [5.74, 6) is 1.53. The van der Waals surface area contributed by atoms with Crippen LogP contribution >= 0.6 is 0 Å². The van der Waals surface area contributed by atoms with Gasteiger partial charge in [0.15, 0.2) is 11.5 Å². The van der Waals surface area contributed by atoms with Gasteiger partial charge in [-0.15, -0.1) is 0 Å². The SMILES string of the molecule is C1=C(c2ccco2)ON(c2cnn(C3CCCC3)c2)C1. The first-order valence-electron chi connectivity index (χ1n) is 7.14. The molecule has 5 heteroatoms. The standard InChI is InChI=1S/C15H17N3O2/c1-2-5-12(4-1)17-11-13(10-16-17)18-8-7-15(20-18)14-6-3-9-19-14/h3,6-7,9-12H,1-2,4-5,8H2. The minimum absolute atomic E-state index is 0.559. The number of anilines is 1. The van der Waals surface area contributed by atoms with E-state index in [0.717, 1.165) is 17.2 Å². The van der Waals surface area contributed by atoms with E-state index in [4.69, 9.17) is 9.25 Å². The number of rotatable bonds is 3. The molecule has 0 amide bonds. The first kappa shape index (κ1) is 11.6. The Bertz CT molecular complexity index is 609. The van der Waals surface area contributed by atoms with Crippen LogP contribution in [-0.4, -0.2) is 16.3 Å². The Kier molecular flexibility index (Phi) is 2.76. The molecule has 2 aromatic heterocycles. The van der Waals surface area contributed by atoms with E-state index in [0.29, 0.717) is 12.6 Å². The Labute approximate surface area is 117 Å². The van der Waals surface area contributed by atoms with Crippen molar-refractivity contribution in [2.45, 2.75) is 31.7 Å². The van der Waals surface area contributed by atoms with Crippen molar-refractivity contribution < 1.29 is 9.25 Å². The number of aromatic nitrogens is 2. The highest BCUT2D eigenvalue weighted by atomic mass is 16.7. The van der Waals surface area contributed by atoms with Gasteiger partial charge in [-0.3, -0.25) is 4.68 Å². The number of nitrogens with zero attached hydrogens (tertiary/aromatic N) is 3. The molecule has 1 aliphatic heterocycles. The van der Waals surface area contributed by atoms with E-state index in [-0.39, 0.29) is 0 Å². The maximum absolute atomic E-state index is 5.82. The van der Waals surface area contributed by atoms with E-state index < -0.39 is 0 Å². The van der Waals surface area contributed by atoms with Gasteiger partial charge in [0.25, 0.3) is 0 Å². The number of hydrogen-bond acceptors (Lipinski definition) is 4. The van der Waals surface area contributed by atoms with Gasteiger partial charge in [0.2, 0.25) is 0 Å². The molecule has 4 rings (SSSR count). The van der Waals surface area contributed by atoms with Crippen LogP contribution in [0.25, 0.3) is 5.76 Å². The third kappa shape index (κ3) is 1.99. The van der Waals surface area contributed by atoms with Crippen molar-refractivity contribution in [1.29, 1.82) is 0 Å². The van der Waals surface area contributed by atoms with Gasteiger partial charge in [0, 0.05) is 0 Å². The van der Waals surface area contributed by atoms with E-state index in [9.17, 15) is 0 Å². The lowest BCUT2D eigenvalue weighted by molar-refractivity contribution is 0.263. The molecule has 2 aliphatic rings. The Morgan fingerprint density at radius 2 is 2.15 bits per heavy atom. The zero-order valence-electron chi connectivity index (χ0n) is 11.2. The molecule has 1 saturated carbocycles. The highest BCUT2D eigenvalue weighted by Crippen LogP contribution is 2.32. The Morgan fingerprint density at radius 1 is 1.25 bits per heavy atom. The molecule has 1 fully saturated rings. The minimum Gasteiger partial charge on any atom is -0.461 e. The summed E-state index contributed by atoms with van der Waals surface area (Å²) >= 11 is 0. The van der Waals surface area contributed by atoms with Gasteiger partial charge in [-0.25, -0.2) is 5.06 Å². The molecule has 0 N–H and O–H groups in total. The van der Waals surface area contributed by atoms with Crippen molar-refractivity contribution in [2.24, 2.45) is 0 Å². The van der Waals surface area contributed by atoms with E-state index in [2.05, 4.69) is 16.0 Å². The van der Waals surface area contributed by atoms with Crippen molar-refractivity contribution in [3.63, 3.8) is 0 Å². The van der Waals surface area contributed by atoms with Crippen LogP contribution in [0.1, 0.15) is 37.5 Å². The van der Waals surface area contributed by atoms with Gasteiger partial charge in [-0.05, 0) is 31.1 Å². The van der Waals surface area contributed by atoms with Crippen LogP contribution in [0.15, 0.2) is 41.3 Å². The Balaban J connectivity index is 1.47. The largest absolute Gasteiger partial charge is 0.461 e. The molecule has 1 aliphatic carbocycles. The molecule has 2 aromatic rings. The van der Waals surface area contributed by atoms with Crippen molar-refractivity contribution in [2.75, 3.05) is 11.6 Å². The monoisotopic (exact) mass is 271 g/mol. The maximum Gasteiger partial charge on any atom is 0.195 e. The highest BCUT2D eigenvalue weighted by molar-refractivity contribution is 5.60. The van der Waals surface area contributed by atoms with E-state index in [1.807, 2.05) is 29.5 Å². The molecule has 0 radical (unpaired) electrons. The van der Waals surface area contributed by atoms with E-state index in [1.54, 1.807) is 6.26 Å². The van der Waals surface area contributed by atoms with Gasteiger partial charge in [-0.2, -0.15) is 5.10 Å². The summed E-state index contributed by atoms with van der Waals surface area (Å²) in [6.45, 7) is 0.715. The second-order valence-electron chi connectivity index (χ2n) is 5.31. The molecule has 0 bridgehead atoms. The van der Waals surface area contributed by atoms with Gasteiger partial charge in [0.1, 0.15) is 5.69 Å². The molecule has 0 aromatic carbocycles. The summed E-state index contributed by atoms with van der Waals surface area (Å²) in [4.78, 5) is 5.82. The number of hydrogen-bond donors (Lipinski definition) is 0. The topological polar surface area (TPSA) is 43.4 Å². The normalized spacial score (nSPS) is 19.4. The van der Waals surface area contributed by atoms with Crippen molar-refractivity contribution >= 4 is 11.4 Å². The fourth-order valence-corrected chi connectivity index (χ4v) is 2.91. The van der Waals surface area contributed by atoms with Gasteiger partial charge < -0.3 is 9.25 Å². The van der Waals surface area contributed by atoms with Crippen LogP contribution in [0.5, 0.6) is 0 Å². The third-order valence-electron chi connectivity index (χ3n) is 3.99. The van der Waals surface area contributed by atoms with Crippen molar-refractivity contribution in [3.8, 4) is 0 Å². The number of hydroxylamine groups is 1. The fraction of sp³-hybridized carbons (Fsp3) is 0.400. The lowest BCUT2D eigenvalue weighted by Crippen LogP contribution is -2.16. The zero-order valence-corrected chi connectivity index (χ0v) is 11.2. The lowest BCUT2D eigenvalue weighted by atomic mass is 10.3. The Hall–Kier alpha value is -2.17. The molecule has 5 nitrogen and oxygen atoms in total. The van der Waals surface area contributed by atoms with Gasteiger partial charge in [-0.1, -0.05) is 12.8 Å². The van der Waals surface area contributed by atoms with E-state index in [1.165, 1.54) is 25.7 Å². The summed E-state index contributed by atoms with van der Waals surface area (Å²) in [5, 5.41) is 6.32. The molecule has 0 saturated heterocycles. The van der Waals surface area contributed by atoms with Gasteiger partial charge in [0.05, 0.1) is 31.2 Å². The molecule has 3 heterocycles.